The zero-order valence-corrected chi connectivity index (χ0v) is 12.5. The van der Waals surface area contributed by atoms with Crippen LogP contribution in [0.5, 0.6) is 0 Å². The normalized spacial score (nSPS) is 12.3. The van der Waals surface area contributed by atoms with Gasteiger partial charge in [0, 0.05) is 28.8 Å². The van der Waals surface area contributed by atoms with E-state index in [2.05, 4.69) is 51.2 Å². The Bertz CT molecular complexity index is 482. The molecule has 1 aromatic carbocycles. The zero-order chi connectivity index (χ0) is 13.5. The second-order valence-electron chi connectivity index (χ2n) is 4.81. The van der Waals surface area contributed by atoms with Crippen LogP contribution in [-0.2, 0) is 12.8 Å². The van der Waals surface area contributed by atoms with E-state index < -0.39 is 0 Å². The quantitative estimate of drug-likeness (QED) is 0.881. The molecule has 2 aromatic rings. The highest BCUT2D eigenvalue weighted by Gasteiger charge is 2.05. The maximum Gasteiger partial charge on any atom is 0.0419 e. The lowest BCUT2D eigenvalue weighted by Crippen LogP contribution is -2.23. The number of rotatable bonds is 6. The monoisotopic (exact) mass is 318 g/mol. The largest absolute Gasteiger partial charge is 0.327 e. The number of pyridine rings is 1. The molecule has 0 aliphatic heterocycles. The Morgan fingerprint density at radius 3 is 2.58 bits per heavy atom. The first kappa shape index (κ1) is 14.2. The van der Waals surface area contributed by atoms with Gasteiger partial charge >= 0.3 is 0 Å². The third kappa shape index (κ3) is 5.13. The van der Waals surface area contributed by atoms with Crippen molar-refractivity contribution in [1.29, 1.82) is 0 Å². The maximum atomic E-state index is 6.16. The number of benzene rings is 1. The Kier molecular flexibility index (Phi) is 5.55. The highest BCUT2D eigenvalue weighted by atomic mass is 79.9. The highest BCUT2D eigenvalue weighted by molar-refractivity contribution is 9.10. The van der Waals surface area contributed by atoms with Crippen molar-refractivity contribution in [2.75, 3.05) is 0 Å². The second kappa shape index (κ2) is 7.41. The van der Waals surface area contributed by atoms with Crippen molar-refractivity contribution < 1.29 is 0 Å². The number of aromatic nitrogens is 1. The number of nitrogens with zero attached hydrogens (tertiary/aromatic N) is 1. The summed E-state index contributed by atoms with van der Waals surface area (Å²) in [5.41, 5.74) is 8.61. The molecule has 0 bridgehead atoms. The molecule has 3 heteroatoms. The smallest absolute Gasteiger partial charge is 0.0419 e. The van der Waals surface area contributed by atoms with Crippen LogP contribution in [0.4, 0.5) is 0 Å². The molecule has 2 rings (SSSR count). The number of nitrogens with two attached hydrogens (primary N) is 1. The predicted octanol–water partition coefficient (Wildman–Crippen LogP) is 3.74. The lowest BCUT2D eigenvalue weighted by Gasteiger charge is -2.11. The predicted molar refractivity (Wildman–Crippen MR) is 83.0 cm³/mol. The van der Waals surface area contributed by atoms with Crippen LogP contribution in [0, 0.1) is 0 Å². The lowest BCUT2D eigenvalue weighted by atomic mass is 10.0. The second-order valence-corrected chi connectivity index (χ2v) is 5.73. The Labute approximate surface area is 123 Å². The molecule has 0 aliphatic carbocycles. The summed E-state index contributed by atoms with van der Waals surface area (Å²) in [5, 5.41) is 0. The minimum Gasteiger partial charge on any atom is -0.327 e. The fourth-order valence-electron chi connectivity index (χ4n) is 2.11. The van der Waals surface area contributed by atoms with Gasteiger partial charge in [-0.2, -0.15) is 0 Å². The molecule has 100 valence electrons. The van der Waals surface area contributed by atoms with Gasteiger partial charge in [0.1, 0.15) is 0 Å². The summed E-state index contributed by atoms with van der Waals surface area (Å²) in [5.74, 6) is 0. The maximum absolute atomic E-state index is 6.16. The van der Waals surface area contributed by atoms with Crippen LogP contribution in [0.1, 0.15) is 24.1 Å². The van der Waals surface area contributed by atoms with E-state index in [9.17, 15) is 0 Å². The van der Waals surface area contributed by atoms with E-state index in [0.29, 0.717) is 0 Å². The van der Waals surface area contributed by atoms with Gasteiger partial charge < -0.3 is 5.73 Å². The van der Waals surface area contributed by atoms with Crippen LogP contribution < -0.4 is 5.73 Å². The number of halogens is 1. The third-order valence-electron chi connectivity index (χ3n) is 3.14. The van der Waals surface area contributed by atoms with Gasteiger partial charge in [-0.3, -0.25) is 4.98 Å². The van der Waals surface area contributed by atoms with Crippen molar-refractivity contribution in [3.05, 3.63) is 64.4 Å². The van der Waals surface area contributed by atoms with Gasteiger partial charge in [-0.15, -0.1) is 0 Å². The van der Waals surface area contributed by atoms with Gasteiger partial charge in [-0.05, 0) is 52.9 Å². The van der Waals surface area contributed by atoms with Crippen LogP contribution >= 0.6 is 15.9 Å². The zero-order valence-electron chi connectivity index (χ0n) is 10.9. The molecule has 19 heavy (non-hydrogen) atoms. The van der Waals surface area contributed by atoms with E-state index in [-0.39, 0.29) is 6.04 Å². The number of hydrogen-bond donors (Lipinski definition) is 1. The fourth-order valence-corrected chi connectivity index (χ4v) is 2.35. The molecule has 0 aliphatic rings. The minimum atomic E-state index is 0.192. The van der Waals surface area contributed by atoms with E-state index in [4.69, 9.17) is 5.73 Å². The van der Waals surface area contributed by atoms with Crippen LogP contribution in [0.15, 0.2) is 53.1 Å². The van der Waals surface area contributed by atoms with Crippen molar-refractivity contribution in [3.63, 3.8) is 0 Å². The van der Waals surface area contributed by atoms with Gasteiger partial charge in [0.25, 0.3) is 0 Å². The fraction of sp³-hybridized carbons (Fsp3) is 0.312. The van der Waals surface area contributed by atoms with E-state index in [1.54, 1.807) is 0 Å². The standard InChI is InChI=1S/C16H19BrN2/c17-14-9-10-16(19-12-14)11-15(18)8-4-7-13-5-2-1-3-6-13/h1-3,5-6,9-10,12,15H,4,7-8,11,18H2. The Morgan fingerprint density at radius 2 is 1.89 bits per heavy atom. The average Bonchev–Trinajstić information content (AvgIpc) is 2.43. The molecule has 0 amide bonds. The average molecular weight is 319 g/mol. The van der Waals surface area contributed by atoms with E-state index in [0.717, 1.165) is 35.8 Å². The summed E-state index contributed by atoms with van der Waals surface area (Å²) < 4.78 is 1.01. The van der Waals surface area contributed by atoms with Gasteiger partial charge in [0.15, 0.2) is 0 Å². The first-order valence-corrected chi connectivity index (χ1v) is 7.43. The molecule has 0 fully saturated rings. The minimum absolute atomic E-state index is 0.192. The van der Waals surface area contributed by atoms with Gasteiger partial charge in [-0.1, -0.05) is 30.3 Å². The Balaban J connectivity index is 1.73. The summed E-state index contributed by atoms with van der Waals surface area (Å²) >= 11 is 3.39. The molecule has 2 N–H and O–H groups in total. The molecule has 1 aromatic heterocycles. The molecular weight excluding hydrogens is 300 g/mol. The van der Waals surface area contributed by atoms with Crippen LogP contribution in [0.25, 0.3) is 0 Å². The Hall–Kier alpha value is -1.19. The molecule has 1 atom stereocenters. The molecular formula is C16H19BrN2. The van der Waals surface area contributed by atoms with Crippen LogP contribution in [0.2, 0.25) is 0 Å². The number of hydrogen-bond acceptors (Lipinski definition) is 2. The van der Waals surface area contributed by atoms with Crippen molar-refractivity contribution in [2.24, 2.45) is 5.73 Å². The number of aryl methyl sites for hydroxylation is 1. The van der Waals surface area contributed by atoms with Crippen LogP contribution in [-0.4, -0.2) is 11.0 Å². The summed E-state index contributed by atoms with van der Waals surface area (Å²) in [6, 6.07) is 14.8. The lowest BCUT2D eigenvalue weighted by molar-refractivity contribution is 0.574. The third-order valence-corrected chi connectivity index (χ3v) is 3.61. The van der Waals surface area contributed by atoms with Crippen molar-refractivity contribution in [3.8, 4) is 0 Å². The molecule has 2 nitrogen and oxygen atoms in total. The molecule has 0 saturated heterocycles. The summed E-state index contributed by atoms with van der Waals surface area (Å²) in [7, 11) is 0. The van der Waals surface area contributed by atoms with Crippen molar-refractivity contribution >= 4 is 15.9 Å². The summed E-state index contributed by atoms with van der Waals surface area (Å²) in [6.07, 6.45) is 5.94. The Morgan fingerprint density at radius 1 is 1.11 bits per heavy atom. The van der Waals surface area contributed by atoms with Gasteiger partial charge in [0.05, 0.1) is 0 Å². The first-order chi connectivity index (χ1) is 9.24. The molecule has 0 spiro atoms. The van der Waals surface area contributed by atoms with E-state index in [1.807, 2.05) is 18.3 Å². The summed E-state index contributed by atoms with van der Waals surface area (Å²) in [6.45, 7) is 0. The highest BCUT2D eigenvalue weighted by Crippen LogP contribution is 2.11. The molecule has 1 unspecified atom stereocenters. The topological polar surface area (TPSA) is 38.9 Å². The first-order valence-electron chi connectivity index (χ1n) is 6.64. The SMILES string of the molecule is NC(CCCc1ccccc1)Cc1ccc(Br)cn1. The molecule has 1 heterocycles. The van der Waals surface area contributed by atoms with Crippen LogP contribution in [0.3, 0.4) is 0 Å². The van der Waals surface area contributed by atoms with Crippen molar-refractivity contribution in [2.45, 2.75) is 31.7 Å². The van der Waals surface area contributed by atoms with E-state index in [1.165, 1.54) is 5.56 Å². The molecule has 0 saturated carbocycles. The van der Waals surface area contributed by atoms with Gasteiger partial charge in [-0.25, -0.2) is 0 Å². The van der Waals surface area contributed by atoms with Gasteiger partial charge in [0.2, 0.25) is 0 Å². The molecule has 0 radical (unpaired) electrons. The van der Waals surface area contributed by atoms with Crippen molar-refractivity contribution in [1.82, 2.24) is 4.98 Å². The van der Waals surface area contributed by atoms with E-state index >= 15 is 0 Å². The summed E-state index contributed by atoms with van der Waals surface area (Å²) in [4.78, 5) is 4.36.